The summed E-state index contributed by atoms with van der Waals surface area (Å²) in [4.78, 5) is 4.83. The zero-order valence-electron chi connectivity index (χ0n) is 25.3. The number of rotatable bonds is 3. The second kappa shape index (κ2) is 9.18. The highest BCUT2D eigenvalue weighted by molar-refractivity contribution is 6.90. The van der Waals surface area contributed by atoms with Gasteiger partial charge in [-0.15, -0.1) is 0 Å². The predicted molar refractivity (Wildman–Crippen MR) is 195 cm³/mol. The van der Waals surface area contributed by atoms with E-state index in [4.69, 9.17) is 4.74 Å². The SMILES string of the molecule is c1ccc(N(c2ccccc2)c2cc3c4c(c2)N2c5ccccc5Oc5cccc(c52)B4n2c4ccccc4c4cccc-3c42)cc1. The predicted octanol–water partition coefficient (Wildman–Crippen LogP) is 9.79. The third-order valence-electron chi connectivity index (χ3n) is 10.1. The van der Waals surface area contributed by atoms with Gasteiger partial charge in [0.15, 0.2) is 11.5 Å². The third kappa shape index (κ3) is 3.27. The van der Waals surface area contributed by atoms with Gasteiger partial charge < -0.3 is 19.0 Å². The molecule has 4 nitrogen and oxygen atoms in total. The lowest BCUT2D eigenvalue weighted by atomic mass is 9.45. The smallest absolute Gasteiger partial charge is 0.333 e. The Morgan fingerprint density at radius 3 is 2.02 bits per heavy atom. The van der Waals surface area contributed by atoms with E-state index in [1.54, 1.807) is 0 Å². The van der Waals surface area contributed by atoms with Gasteiger partial charge in [-0.2, -0.15) is 0 Å². The van der Waals surface area contributed by atoms with Gasteiger partial charge in [0.2, 0.25) is 0 Å². The van der Waals surface area contributed by atoms with Crippen LogP contribution in [0, 0.1) is 0 Å². The van der Waals surface area contributed by atoms with Crippen molar-refractivity contribution in [3.63, 3.8) is 0 Å². The molecule has 4 heterocycles. The van der Waals surface area contributed by atoms with Crippen molar-refractivity contribution in [1.29, 1.82) is 0 Å². The number of aromatic nitrogens is 1. The van der Waals surface area contributed by atoms with Gasteiger partial charge in [-0.3, -0.25) is 0 Å². The van der Waals surface area contributed by atoms with Crippen LogP contribution in [-0.2, 0) is 0 Å². The van der Waals surface area contributed by atoms with Crippen LogP contribution in [0.1, 0.15) is 0 Å². The number of hydrogen-bond acceptors (Lipinski definition) is 3. The van der Waals surface area contributed by atoms with Crippen LogP contribution in [0.2, 0.25) is 0 Å². The summed E-state index contributed by atoms with van der Waals surface area (Å²) in [7, 11) is 0. The van der Waals surface area contributed by atoms with E-state index in [1.807, 2.05) is 0 Å². The molecule has 5 heteroatoms. The van der Waals surface area contributed by atoms with Gasteiger partial charge in [0, 0.05) is 50.1 Å². The maximum Gasteiger partial charge on any atom is 0.333 e. The number of nitrogens with zero attached hydrogens (tertiary/aromatic N) is 3. The van der Waals surface area contributed by atoms with Crippen molar-refractivity contribution in [3.8, 4) is 22.6 Å². The minimum Gasteiger partial charge on any atom is -0.453 e. The Kier molecular flexibility index (Phi) is 4.89. The van der Waals surface area contributed by atoms with E-state index >= 15 is 0 Å². The van der Waals surface area contributed by atoms with Crippen LogP contribution in [0.4, 0.5) is 34.1 Å². The fourth-order valence-corrected chi connectivity index (χ4v) is 8.31. The second-order valence-corrected chi connectivity index (χ2v) is 12.5. The molecule has 0 N–H and O–H groups in total. The zero-order chi connectivity index (χ0) is 30.6. The third-order valence-corrected chi connectivity index (χ3v) is 10.1. The van der Waals surface area contributed by atoms with E-state index in [0.29, 0.717) is 0 Å². The summed E-state index contributed by atoms with van der Waals surface area (Å²) < 4.78 is 9.24. The Hall–Kier alpha value is -6.20. The van der Waals surface area contributed by atoms with Crippen molar-refractivity contribution >= 4 is 73.7 Å². The van der Waals surface area contributed by atoms with E-state index in [0.717, 1.165) is 39.9 Å². The summed E-state index contributed by atoms with van der Waals surface area (Å²) in [5.41, 5.74) is 14.3. The number of para-hydroxylation sites is 7. The molecule has 0 atom stereocenters. The van der Waals surface area contributed by atoms with E-state index in [-0.39, 0.29) is 6.85 Å². The van der Waals surface area contributed by atoms with Crippen LogP contribution in [0.15, 0.2) is 158 Å². The van der Waals surface area contributed by atoms with Crippen LogP contribution < -0.4 is 25.5 Å². The van der Waals surface area contributed by atoms with Gasteiger partial charge >= 0.3 is 6.85 Å². The lowest BCUT2D eigenvalue weighted by Gasteiger charge is -2.43. The Morgan fingerprint density at radius 1 is 0.511 bits per heavy atom. The summed E-state index contributed by atoms with van der Waals surface area (Å²) in [6.45, 7) is -0.0201. The molecule has 11 rings (SSSR count). The molecule has 0 fully saturated rings. The van der Waals surface area contributed by atoms with E-state index in [2.05, 4.69) is 172 Å². The topological polar surface area (TPSA) is 20.6 Å². The number of anilines is 6. The van der Waals surface area contributed by atoms with Crippen molar-refractivity contribution in [1.82, 2.24) is 4.48 Å². The summed E-state index contributed by atoms with van der Waals surface area (Å²) >= 11 is 0. The monoisotopic (exact) mass is 599 g/mol. The first-order chi connectivity index (χ1) is 23.3. The molecule has 8 aromatic rings. The highest BCUT2D eigenvalue weighted by Gasteiger charge is 2.45. The maximum atomic E-state index is 6.65. The Morgan fingerprint density at radius 2 is 1.19 bits per heavy atom. The quantitative estimate of drug-likeness (QED) is 0.189. The van der Waals surface area contributed by atoms with Crippen LogP contribution >= 0.6 is 0 Å². The molecule has 0 saturated heterocycles. The molecule has 218 valence electrons. The molecule has 3 aliphatic rings. The minimum atomic E-state index is -0.0201. The first kappa shape index (κ1) is 25.0. The van der Waals surface area contributed by atoms with Crippen molar-refractivity contribution in [2.45, 2.75) is 0 Å². The average molecular weight is 600 g/mol. The molecular weight excluding hydrogens is 573 g/mol. The highest BCUT2D eigenvalue weighted by Crippen LogP contribution is 2.54. The van der Waals surface area contributed by atoms with E-state index < -0.39 is 0 Å². The Labute approximate surface area is 272 Å². The number of benzene rings is 7. The molecule has 0 aliphatic carbocycles. The summed E-state index contributed by atoms with van der Waals surface area (Å²) in [6.07, 6.45) is 0. The molecule has 47 heavy (non-hydrogen) atoms. The molecule has 3 aliphatic heterocycles. The molecule has 0 saturated carbocycles. The van der Waals surface area contributed by atoms with Crippen molar-refractivity contribution < 1.29 is 4.74 Å². The van der Waals surface area contributed by atoms with Gasteiger partial charge in [-0.05, 0) is 77.2 Å². The van der Waals surface area contributed by atoms with Gasteiger partial charge in [0.05, 0.1) is 11.4 Å². The molecule has 0 spiro atoms. The molecule has 7 aromatic carbocycles. The summed E-state index contributed by atoms with van der Waals surface area (Å²) in [6, 6.07) is 56.8. The Balaban J connectivity index is 1.32. The number of fused-ring (bicyclic) bond motifs is 9. The standard InChI is InChI=1S/C42H26BN3O/c1-3-13-27(14-4-1)44(28-15-5-2-6-16-28)29-25-33-32-19-11-18-31-30-17-7-8-21-35(30)46(41(31)32)43-34-20-12-24-39-42(34)45(37(26-29)40(33)43)36-22-9-10-23-38(36)47-39/h1-26H. The van der Waals surface area contributed by atoms with Crippen molar-refractivity contribution in [2.24, 2.45) is 0 Å². The van der Waals surface area contributed by atoms with Crippen LogP contribution in [0.5, 0.6) is 11.5 Å². The number of ether oxygens (including phenoxy) is 1. The molecule has 0 bridgehead atoms. The fraction of sp³-hybridized carbons (Fsp3) is 0. The maximum absolute atomic E-state index is 6.65. The molecular formula is C42H26BN3O. The van der Waals surface area contributed by atoms with Crippen molar-refractivity contribution in [3.05, 3.63) is 158 Å². The van der Waals surface area contributed by atoms with Crippen LogP contribution in [0.3, 0.4) is 0 Å². The van der Waals surface area contributed by atoms with Gasteiger partial charge in [0.1, 0.15) is 0 Å². The van der Waals surface area contributed by atoms with Gasteiger partial charge in [-0.25, -0.2) is 0 Å². The van der Waals surface area contributed by atoms with Crippen LogP contribution in [0.25, 0.3) is 32.9 Å². The summed E-state index contributed by atoms with van der Waals surface area (Å²) in [5, 5.41) is 2.57. The van der Waals surface area contributed by atoms with Gasteiger partial charge in [-0.1, -0.05) is 97.1 Å². The Bertz CT molecular complexity index is 2540. The molecule has 1 aromatic heterocycles. The minimum absolute atomic E-state index is 0.0201. The average Bonchev–Trinajstić information content (AvgIpc) is 3.47. The lowest BCUT2D eigenvalue weighted by molar-refractivity contribution is 0.477. The molecule has 0 amide bonds. The zero-order valence-corrected chi connectivity index (χ0v) is 25.3. The normalized spacial score (nSPS) is 13.2. The first-order valence-corrected chi connectivity index (χ1v) is 16.2. The molecule has 0 radical (unpaired) electrons. The van der Waals surface area contributed by atoms with Crippen LogP contribution in [-0.4, -0.2) is 11.3 Å². The lowest BCUT2D eigenvalue weighted by Crippen LogP contribution is -2.57. The largest absolute Gasteiger partial charge is 0.453 e. The molecule has 0 unspecified atom stereocenters. The van der Waals surface area contributed by atoms with E-state index in [9.17, 15) is 0 Å². The van der Waals surface area contributed by atoms with Gasteiger partial charge in [0.25, 0.3) is 0 Å². The van der Waals surface area contributed by atoms with Crippen molar-refractivity contribution in [2.75, 3.05) is 9.80 Å². The first-order valence-electron chi connectivity index (χ1n) is 16.2. The van der Waals surface area contributed by atoms with E-state index in [1.165, 1.54) is 49.5 Å². The number of hydrogen-bond donors (Lipinski definition) is 0. The second-order valence-electron chi connectivity index (χ2n) is 12.5. The summed E-state index contributed by atoms with van der Waals surface area (Å²) in [5.74, 6) is 1.75. The highest BCUT2D eigenvalue weighted by atomic mass is 16.5. The fourth-order valence-electron chi connectivity index (χ4n) is 8.31.